The molecule has 19 heavy (non-hydrogen) atoms. The Labute approximate surface area is 113 Å². The molecule has 0 bridgehead atoms. The molecule has 1 aromatic heterocycles. The molecule has 0 aliphatic carbocycles. The first-order chi connectivity index (χ1) is 8.58. The van der Waals surface area contributed by atoms with Gasteiger partial charge < -0.3 is 5.73 Å². The average molecular weight is 317 g/mol. The van der Waals surface area contributed by atoms with Crippen LogP contribution in [0.3, 0.4) is 0 Å². The number of sulfonamides is 1. The lowest BCUT2D eigenvalue weighted by molar-refractivity contribution is -0.136. The van der Waals surface area contributed by atoms with Gasteiger partial charge in [0.2, 0.25) is 0 Å². The van der Waals surface area contributed by atoms with Gasteiger partial charge in [-0.25, -0.2) is 13.4 Å². The molecule has 0 unspecified atom stereocenters. The number of alkyl halides is 3. The van der Waals surface area contributed by atoms with Gasteiger partial charge in [0.25, 0.3) is 10.0 Å². The zero-order chi connectivity index (χ0) is 14.8. The lowest BCUT2D eigenvalue weighted by Gasteiger charge is -2.22. The number of anilines is 1. The van der Waals surface area contributed by atoms with Gasteiger partial charge in [-0.15, -0.1) is 0 Å². The quantitative estimate of drug-likeness (QED) is 0.901. The zero-order valence-electron chi connectivity index (χ0n) is 10.4. The Morgan fingerprint density at radius 2 is 2.00 bits per heavy atom. The van der Waals surface area contributed by atoms with Crippen molar-refractivity contribution in [1.29, 1.82) is 0 Å². The number of hydrogen-bond acceptors (Lipinski definition) is 5. The SMILES string of the molecule is CCCN(CC(F)(F)F)S(=O)(=O)c1sc(N)nc1C. The van der Waals surface area contributed by atoms with Gasteiger partial charge in [-0.2, -0.15) is 17.5 Å². The van der Waals surface area contributed by atoms with Crippen LogP contribution in [0.2, 0.25) is 0 Å². The minimum Gasteiger partial charge on any atom is -0.375 e. The molecule has 1 rings (SSSR count). The maximum atomic E-state index is 12.4. The minimum absolute atomic E-state index is 0.0135. The first kappa shape index (κ1) is 16.2. The summed E-state index contributed by atoms with van der Waals surface area (Å²) in [5.74, 6) is 0. The van der Waals surface area contributed by atoms with Gasteiger partial charge in [0, 0.05) is 6.54 Å². The van der Waals surface area contributed by atoms with E-state index >= 15 is 0 Å². The Kier molecular flexibility index (Phi) is 4.80. The maximum absolute atomic E-state index is 12.4. The number of thiazole rings is 1. The molecule has 0 saturated carbocycles. The predicted octanol–water partition coefficient (Wildman–Crippen LogP) is 2.00. The van der Waals surface area contributed by atoms with Crippen LogP contribution < -0.4 is 5.73 Å². The van der Waals surface area contributed by atoms with E-state index in [1.165, 1.54) is 6.92 Å². The van der Waals surface area contributed by atoms with Gasteiger partial charge in [0.05, 0.1) is 5.69 Å². The fourth-order valence-electron chi connectivity index (χ4n) is 1.49. The van der Waals surface area contributed by atoms with Crippen LogP contribution in [0.1, 0.15) is 19.0 Å². The van der Waals surface area contributed by atoms with E-state index in [4.69, 9.17) is 5.73 Å². The highest BCUT2D eigenvalue weighted by Gasteiger charge is 2.38. The van der Waals surface area contributed by atoms with Crippen molar-refractivity contribution in [3.8, 4) is 0 Å². The summed E-state index contributed by atoms with van der Waals surface area (Å²) in [5, 5.41) is 0.0135. The summed E-state index contributed by atoms with van der Waals surface area (Å²) >= 11 is 0.671. The molecule has 2 N–H and O–H groups in total. The minimum atomic E-state index is -4.59. The van der Waals surface area contributed by atoms with Crippen LogP contribution in [-0.2, 0) is 10.0 Å². The number of hydrogen-bond donors (Lipinski definition) is 1. The summed E-state index contributed by atoms with van der Waals surface area (Å²) in [7, 11) is -4.22. The first-order valence-electron chi connectivity index (χ1n) is 5.37. The lowest BCUT2D eigenvalue weighted by Crippen LogP contribution is -2.39. The van der Waals surface area contributed by atoms with Crippen molar-refractivity contribution in [3.05, 3.63) is 5.69 Å². The van der Waals surface area contributed by atoms with E-state index < -0.39 is 22.7 Å². The standard InChI is InChI=1S/C9H14F3N3O2S2/c1-3-4-15(5-9(10,11)12)19(16,17)7-6(2)14-8(13)18-7/h3-5H2,1-2H3,(H2,13,14). The third-order valence-electron chi connectivity index (χ3n) is 2.17. The Balaban J connectivity index is 3.16. The highest BCUT2D eigenvalue weighted by atomic mass is 32.2. The Morgan fingerprint density at radius 3 is 2.37 bits per heavy atom. The summed E-state index contributed by atoms with van der Waals surface area (Å²) in [5.41, 5.74) is 5.50. The van der Waals surface area contributed by atoms with Crippen LogP contribution in [0, 0.1) is 6.92 Å². The predicted molar refractivity (Wildman–Crippen MR) is 66.4 cm³/mol. The van der Waals surface area contributed by atoms with E-state index in [1.54, 1.807) is 6.92 Å². The molecule has 0 amide bonds. The van der Waals surface area contributed by atoms with Gasteiger partial charge in [-0.3, -0.25) is 0 Å². The third kappa shape index (κ3) is 4.05. The Morgan fingerprint density at radius 1 is 1.42 bits per heavy atom. The van der Waals surface area contributed by atoms with Crippen molar-refractivity contribution < 1.29 is 21.6 Å². The van der Waals surface area contributed by atoms with Crippen LogP contribution >= 0.6 is 11.3 Å². The van der Waals surface area contributed by atoms with Gasteiger partial charge in [0.15, 0.2) is 9.34 Å². The van der Waals surface area contributed by atoms with E-state index in [-0.39, 0.29) is 28.0 Å². The molecule has 0 fully saturated rings. The largest absolute Gasteiger partial charge is 0.402 e. The topological polar surface area (TPSA) is 76.3 Å². The summed E-state index contributed by atoms with van der Waals surface area (Å²) in [6.45, 7) is 1.28. The fraction of sp³-hybridized carbons (Fsp3) is 0.667. The fourth-order valence-corrected chi connectivity index (χ4v) is 4.44. The second-order valence-corrected chi connectivity index (χ2v) is 7.04. The molecule has 1 heterocycles. The summed E-state index contributed by atoms with van der Waals surface area (Å²) in [6, 6.07) is 0. The molecule has 0 radical (unpaired) electrons. The number of rotatable bonds is 5. The van der Waals surface area contributed by atoms with Gasteiger partial charge in [-0.05, 0) is 13.3 Å². The number of nitrogens with zero attached hydrogens (tertiary/aromatic N) is 2. The van der Waals surface area contributed by atoms with Crippen molar-refractivity contribution in [2.45, 2.75) is 30.7 Å². The van der Waals surface area contributed by atoms with Crippen LogP contribution in [0.4, 0.5) is 18.3 Å². The molecule has 0 aliphatic heterocycles. The monoisotopic (exact) mass is 317 g/mol. The van der Waals surface area contributed by atoms with E-state index in [0.717, 1.165) is 0 Å². The van der Waals surface area contributed by atoms with Crippen molar-refractivity contribution >= 4 is 26.5 Å². The van der Waals surface area contributed by atoms with Gasteiger partial charge in [0.1, 0.15) is 6.54 Å². The number of aromatic nitrogens is 1. The molecule has 0 spiro atoms. The molecule has 0 atom stereocenters. The molecular weight excluding hydrogens is 303 g/mol. The van der Waals surface area contributed by atoms with Gasteiger partial charge in [-0.1, -0.05) is 18.3 Å². The summed E-state index contributed by atoms with van der Waals surface area (Å²) in [4.78, 5) is 3.73. The van der Waals surface area contributed by atoms with E-state index in [2.05, 4.69) is 4.98 Å². The summed E-state index contributed by atoms with van der Waals surface area (Å²) < 4.78 is 61.8. The third-order valence-corrected chi connectivity index (χ3v) is 5.59. The number of aryl methyl sites for hydroxylation is 1. The van der Waals surface area contributed by atoms with E-state index in [9.17, 15) is 21.6 Å². The van der Waals surface area contributed by atoms with Gasteiger partial charge >= 0.3 is 6.18 Å². The zero-order valence-corrected chi connectivity index (χ0v) is 12.0. The molecule has 0 saturated heterocycles. The molecule has 0 aliphatic rings. The number of nitrogens with two attached hydrogens (primary N) is 1. The highest BCUT2D eigenvalue weighted by molar-refractivity contribution is 7.91. The Bertz CT molecular complexity index is 539. The smallest absolute Gasteiger partial charge is 0.375 e. The molecule has 1 aromatic rings. The molecule has 110 valence electrons. The normalized spacial score (nSPS) is 13.2. The van der Waals surface area contributed by atoms with E-state index in [0.29, 0.717) is 15.6 Å². The second kappa shape index (κ2) is 5.63. The van der Waals surface area contributed by atoms with Crippen LogP contribution in [-0.4, -0.2) is 37.0 Å². The van der Waals surface area contributed by atoms with Crippen molar-refractivity contribution in [1.82, 2.24) is 9.29 Å². The van der Waals surface area contributed by atoms with Crippen molar-refractivity contribution in [2.24, 2.45) is 0 Å². The highest BCUT2D eigenvalue weighted by Crippen LogP contribution is 2.30. The Hall–Kier alpha value is -0.870. The van der Waals surface area contributed by atoms with Crippen LogP contribution in [0.5, 0.6) is 0 Å². The van der Waals surface area contributed by atoms with Crippen LogP contribution in [0.15, 0.2) is 4.21 Å². The molecule has 5 nitrogen and oxygen atoms in total. The van der Waals surface area contributed by atoms with Crippen LogP contribution in [0.25, 0.3) is 0 Å². The van der Waals surface area contributed by atoms with Crippen molar-refractivity contribution in [2.75, 3.05) is 18.8 Å². The average Bonchev–Trinajstić information content (AvgIpc) is 2.56. The molecule has 10 heteroatoms. The second-order valence-electron chi connectivity index (χ2n) is 3.88. The molecule has 0 aromatic carbocycles. The molecular formula is C9H14F3N3O2S2. The lowest BCUT2D eigenvalue weighted by atomic mass is 10.5. The first-order valence-corrected chi connectivity index (χ1v) is 7.63. The summed E-state index contributed by atoms with van der Waals surface area (Å²) in [6.07, 6.45) is -4.31. The number of nitrogen functional groups attached to an aromatic ring is 1. The maximum Gasteiger partial charge on any atom is 0.402 e. The van der Waals surface area contributed by atoms with E-state index in [1.807, 2.05) is 0 Å². The van der Waals surface area contributed by atoms with Crippen molar-refractivity contribution in [3.63, 3.8) is 0 Å². The number of halogens is 3.